The Morgan fingerprint density at radius 1 is 1.26 bits per heavy atom. The number of aryl methyl sites for hydroxylation is 1. The van der Waals surface area contributed by atoms with E-state index in [4.69, 9.17) is 0 Å². The van der Waals surface area contributed by atoms with Crippen LogP contribution in [0.4, 0.5) is 5.82 Å². The van der Waals surface area contributed by atoms with E-state index < -0.39 is 0 Å². The van der Waals surface area contributed by atoms with Crippen LogP contribution in [-0.4, -0.2) is 45.5 Å². The van der Waals surface area contributed by atoms with Gasteiger partial charge in [0.25, 0.3) is 5.56 Å². The molecule has 1 fully saturated rings. The molecule has 0 radical (unpaired) electrons. The largest absolute Gasteiger partial charge is 0.370 e. The molecule has 0 amide bonds. The molecular weight excluding hydrogens is 338 g/mol. The SMILES string of the molecule is Cc1nc(-c2ccc(NCCCCN3CCCCC3C)nc2)[nH]c(=O)c1C. The molecule has 2 N–H and O–H groups in total. The lowest BCUT2D eigenvalue weighted by molar-refractivity contribution is 0.158. The molecule has 6 heteroatoms. The summed E-state index contributed by atoms with van der Waals surface area (Å²) >= 11 is 0. The van der Waals surface area contributed by atoms with Gasteiger partial charge in [-0.25, -0.2) is 9.97 Å². The number of unbranched alkanes of at least 4 members (excludes halogenated alkanes) is 1. The number of aromatic amines is 1. The predicted molar refractivity (Wildman–Crippen MR) is 110 cm³/mol. The Labute approximate surface area is 161 Å². The van der Waals surface area contributed by atoms with Gasteiger partial charge in [-0.3, -0.25) is 4.79 Å². The number of aromatic nitrogens is 3. The smallest absolute Gasteiger partial charge is 0.254 e. The number of H-pyrrole nitrogens is 1. The Morgan fingerprint density at radius 2 is 2.11 bits per heavy atom. The van der Waals surface area contributed by atoms with E-state index in [-0.39, 0.29) is 5.56 Å². The first-order chi connectivity index (χ1) is 13.0. The van der Waals surface area contributed by atoms with Crippen LogP contribution in [0.5, 0.6) is 0 Å². The van der Waals surface area contributed by atoms with Gasteiger partial charge in [-0.1, -0.05) is 6.42 Å². The lowest BCUT2D eigenvalue weighted by Gasteiger charge is -2.33. The molecule has 1 unspecified atom stereocenters. The highest BCUT2D eigenvalue weighted by atomic mass is 16.1. The number of hydrogen-bond acceptors (Lipinski definition) is 5. The molecule has 0 bridgehead atoms. The summed E-state index contributed by atoms with van der Waals surface area (Å²) in [6.07, 6.45) is 8.17. The Balaban J connectivity index is 1.46. The van der Waals surface area contributed by atoms with Crippen molar-refractivity contribution in [1.29, 1.82) is 0 Å². The van der Waals surface area contributed by atoms with Gasteiger partial charge in [0.2, 0.25) is 0 Å². The van der Waals surface area contributed by atoms with E-state index in [2.05, 4.69) is 32.1 Å². The molecule has 27 heavy (non-hydrogen) atoms. The van der Waals surface area contributed by atoms with Gasteiger partial charge in [-0.05, 0) is 71.7 Å². The zero-order valence-corrected chi connectivity index (χ0v) is 16.7. The van der Waals surface area contributed by atoms with E-state index >= 15 is 0 Å². The summed E-state index contributed by atoms with van der Waals surface area (Å²) in [6.45, 7) is 9.35. The van der Waals surface area contributed by atoms with Crippen LogP contribution in [-0.2, 0) is 0 Å². The third kappa shape index (κ3) is 5.16. The monoisotopic (exact) mass is 369 g/mol. The molecule has 0 saturated carbocycles. The summed E-state index contributed by atoms with van der Waals surface area (Å²) < 4.78 is 0. The van der Waals surface area contributed by atoms with E-state index in [0.717, 1.165) is 36.1 Å². The maximum absolute atomic E-state index is 11.9. The molecule has 1 atom stereocenters. The number of hydrogen-bond donors (Lipinski definition) is 2. The molecule has 1 aliphatic heterocycles. The number of nitrogens with one attached hydrogen (secondary N) is 2. The first kappa shape index (κ1) is 19.5. The second kappa shape index (κ2) is 9.13. The average molecular weight is 370 g/mol. The van der Waals surface area contributed by atoms with Gasteiger partial charge in [0.05, 0.1) is 0 Å². The highest BCUT2D eigenvalue weighted by molar-refractivity contribution is 5.56. The van der Waals surface area contributed by atoms with Gasteiger partial charge < -0.3 is 15.2 Å². The fraction of sp³-hybridized carbons (Fsp3) is 0.571. The van der Waals surface area contributed by atoms with Crippen molar-refractivity contribution in [3.63, 3.8) is 0 Å². The number of piperidine rings is 1. The van der Waals surface area contributed by atoms with Crippen molar-refractivity contribution in [3.8, 4) is 11.4 Å². The lowest BCUT2D eigenvalue weighted by Crippen LogP contribution is -2.38. The van der Waals surface area contributed by atoms with Gasteiger partial charge >= 0.3 is 0 Å². The summed E-state index contributed by atoms with van der Waals surface area (Å²) in [5.41, 5.74) is 2.13. The van der Waals surface area contributed by atoms with Crippen LogP contribution >= 0.6 is 0 Å². The van der Waals surface area contributed by atoms with Gasteiger partial charge in [-0.15, -0.1) is 0 Å². The zero-order chi connectivity index (χ0) is 19.2. The summed E-state index contributed by atoms with van der Waals surface area (Å²) in [4.78, 5) is 26.2. The van der Waals surface area contributed by atoms with Crippen LogP contribution in [0.1, 0.15) is 50.3 Å². The molecule has 0 spiro atoms. The molecule has 0 aromatic carbocycles. The van der Waals surface area contributed by atoms with Crippen LogP contribution < -0.4 is 10.9 Å². The average Bonchev–Trinajstić information content (AvgIpc) is 2.67. The van der Waals surface area contributed by atoms with Crippen LogP contribution in [0.15, 0.2) is 23.1 Å². The third-order valence-corrected chi connectivity index (χ3v) is 5.55. The second-order valence-electron chi connectivity index (χ2n) is 7.57. The minimum atomic E-state index is -0.0947. The summed E-state index contributed by atoms with van der Waals surface area (Å²) in [5.74, 6) is 1.43. The molecule has 2 aromatic heterocycles. The maximum Gasteiger partial charge on any atom is 0.254 e. The molecule has 2 aromatic rings. The van der Waals surface area contributed by atoms with Crippen LogP contribution in [0, 0.1) is 13.8 Å². The molecule has 146 valence electrons. The van der Waals surface area contributed by atoms with Crippen molar-refractivity contribution in [3.05, 3.63) is 39.9 Å². The van der Waals surface area contributed by atoms with Crippen molar-refractivity contribution in [2.24, 2.45) is 0 Å². The first-order valence-electron chi connectivity index (χ1n) is 10.1. The molecule has 3 heterocycles. The minimum absolute atomic E-state index is 0.0947. The fourth-order valence-electron chi connectivity index (χ4n) is 3.57. The second-order valence-corrected chi connectivity index (χ2v) is 7.57. The lowest BCUT2D eigenvalue weighted by atomic mass is 10.0. The van der Waals surface area contributed by atoms with Gasteiger partial charge in [0.15, 0.2) is 0 Å². The third-order valence-electron chi connectivity index (χ3n) is 5.55. The first-order valence-corrected chi connectivity index (χ1v) is 10.1. The summed E-state index contributed by atoms with van der Waals surface area (Å²) in [6, 6.07) is 4.63. The van der Waals surface area contributed by atoms with Crippen molar-refractivity contribution in [2.45, 2.75) is 58.9 Å². The Hall–Kier alpha value is -2.21. The molecule has 1 aliphatic rings. The van der Waals surface area contributed by atoms with Gasteiger partial charge in [0.1, 0.15) is 11.6 Å². The van der Waals surface area contributed by atoms with Crippen molar-refractivity contribution in [2.75, 3.05) is 25.0 Å². The quantitative estimate of drug-likeness (QED) is 0.731. The maximum atomic E-state index is 11.9. The summed E-state index contributed by atoms with van der Waals surface area (Å²) in [5, 5.41) is 3.38. The summed E-state index contributed by atoms with van der Waals surface area (Å²) in [7, 11) is 0. The van der Waals surface area contributed by atoms with Gasteiger partial charge in [-0.2, -0.15) is 0 Å². The van der Waals surface area contributed by atoms with Crippen LogP contribution in [0.2, 0.25) is 0 Å². The predicted octanol–water partition coefficient (Wildman–Crippen LogP) is 3.52. The topological polar surface area (TPSA) is 73.9 Å². The number of nitrogens with zero attached hydrogens (tertiary/aromatic N) is 3. The van der Waals surface area contributed by atoms with Crippen molar-refractivity contribution in [1.82, 2.24) is 19.9 Å². The minimum Gasteiger partial charge on any atom is -0.370 e. The Bertz CT molecular complexity index is 799. The van der Waals surface area contributed by atoms with Crippen LogP contribution in [0.25, 0.3) is 11.4 Å². The molecule has 0 aliphatic carbocycles. The standard InChI is InChI=1S/C21H31N5O/c1-15-8-4-6-12-26(15)13-7-5-11-22-19-10-9-18(14-23-19)20-24-17(3)16(2)21(27)25-20/h9-10,14-15H,4-8,11-13H2,1-3H3,(H,22,23)(H,24,25,27). The zero-order valence-electron chi connectivity index (χ0n) is 16.7. The van der Waals surface area contributed by atoms with Crippen molar-refractivity contribution >= 4 is 5.82 Å². The highest BCUT2D eigenvalue weighted by Crippen LogP contribution is 2.17. The molecular formula is C21H31N5O. The van der Waals surface area contributed by atoms with Gasteiger partial charge in [0, 0.05) is 35.6 Å². The number of pyridine rings is 1. The molecule has 1 saturated heterocycles. The number of likely N-dealkylation sites (tertiary alicyclic amines) is 1. The van der Waals surface area contributed by atoms with Crippen molar-refractivity contribution < 1.29 is 0 Å². The van der Waals surface area contributed by atoms with Crippen LogP contribution in [0.3, 0.4) is 0 Å². The Kier molecular flexibility index (Phi) is 6.61. The van der Waals surface area contributed by atoms with E-state index in [1.54, 1.807) is 13.1 Å². The molecule has 6 nitrogen and oxygen atoms in total. The number of anilines is 1. The number of rotatable bonds is 7. The van der Waals surface area contributed by atoms with E-state index in [9.17, 15) is 4.79 Å². The fourth-order valence-corrected chi connectivity index (χ4v) is 3.57. The van der Waals surface area contributed by atoms with E-state index in [1.165, 1.54) is 38.8 Å². The van der Waals surface area contributed by atoms with E-state index in [0.29, 0.717) is 11.4 Å². The highest BCUT2D eigenvalue weighted by Gasteiger charge is 2.16. The van der Waals surface area contributed by atoms with E-state index in [1.807, 2.05) is 19.1 Å². The molecule has 3 rings (SSSR count). The Morgan fingerprint density at radius 3 is 2.81 bits per heavy atom. The normalized spacial score (nSPS) is 17.8.